The molecule has 0 spiro atoms. The Labute approximate surface area is 129 Å². The number of nitrogens with zero attached hydrogens (tertiary/aromatic N) is 1. The van der Waals surface area contributed by atoms with Crippen LogP contribution in [-0.2, 0) is 14.3 Å². The van der Waals surface area contributed by atoms with Gasteiger partial charge in [-0.3, -0.25) is 14.3 Å². The molecule has 1 fully saturated rings. The molecule has 1 aliphatic rings. The van der Waals surface area contributed by atoms with E-state index in [1.54, 1.807) is 0 Å². The van der Waals surface area contributed by atoms with E-state index in [-0.39, 0.29) is 5.56 Å². The third kappa shape index (κ3) is 3.40. The first kappa shape index (κ1) is 17.1. The molecule has 1 unspecified atom stereocenters. The Morgan fingerprint density at radius 1 is 1.43 bits per heavy atom. The number of hydrogen-bond donors (Lipinski definition) is 4. The lowest BCUT2D eigenvalue weighted by atomic mass is 10.1. The van der Waals surface area contributed by atoms with Crippen LogP contribution in [0.4, 0.5) is 0 Å². The molecule has 0 bridgehead atoms. The van der Waals surface area contributed by atoms with Crippen molar-refractivity contribution >= 4 is 12.0 Å². The minimum Gasteiger partial charge on any atom is -0.466 e. The SMILES string of the molecule is COC(=O)C=Cc1cn([C@@H]2O[C@H](CO)C(O)[C@@H]2O)c(=O)[nH]c1=O. The lowest BCUT2D eigenvalue weighted by Crippen LogP contribution is -2.38. The van der Waals surface area contributed by atoms with Gasteiger partial charge in [0.05, 0.1) is 19.3 Å². The molecule has 23 heavy (non-hydrogen) atoms. The predicted octanol–water partition coefficient (Wildman–Crippen LogP) is -2.67. The maximum absolute atomic E-state index is 11.9. The number of aromatic amines is 1. The molecule has 1 aromatic heterocycles. The predicted molar refractivity (Wildman–Crippen MR) is 75.4 cm³/mol. The first-order valence-corrected chi connectivity index (χ1v) is 6.63. The third-order valence-corrected chi connectivity index (χ3v) is 3.39. The number of ether oxygens (including phenoxy) is 2. The van der Waals surface area contributed by atoms with E-state index in [1.165, 1.54) is 0 Å². The van der Waals surface area contributed by atoms with Crippen molar-refractivity contribution in [1.82, 2.24) is 9.55 Å². The Morgan fingerprint density at radius 2 is 2.13 bits per heavy atom. The van der Waals surface area contributed by atoms with E-state index in [0.29, 0.717) is 0 Å². The smallest absolute Gasteiger partial charge is 0.330 e. The van der Waals surface area contributed by atoms with Crippen LogP contribution >= 0.6 is 0 Å². The lowest BCUT2D eigenvalue weighted by molar-refractivity contribution is -0.134. The average Bonchev–Trinajstić information content (AvgIpc) is 2.81. The van der Waals surface area contributed by atoms with Crippen LogP contribution in [0.25, 0.3) is 6.08 Å². The summed E-state index contributed by atoms with van der Waals surface area (Å²) < 4.78 is 10.5. The lowest BCUT2D eigenvalue weighted by Gasteiger charge is -2.17. The molecule has 4 atom stereocenters. The molecule has 10 nitrogen and oxygen atoms in total. The highest BCUT2D eigenvalue weighted by Gasteiger charge is 2.43. The molecule has 2 rings (SSSR count). The first-order chi connectivity index (χ1) is 10.9. The van der Waals surface area contributed by atoms with Crippen molar-refractivity contribution in [2.75, 3.05) is 13.7 Å². The van der Waals surface area contributed by atoms with Gasteiger partial charge in [-0.2, -0.15) is 0 Å². The van der Waals surface area contributed by atoms with Gasteiger partial charge >= 0.3 is 11.7 Å². The van der Waals surface area contributed by atoms with E-state index < -0.39 is 48.4 Å². The van der Waals surface area contributed by atoms with Crippen LogP contribution in [0.5, 0.6) is 0 Å². The van der Waals surface area contributed by atoms with Crippen molar-refractivity contribution in [3.05, 3.63) is 38.7 Å². The minimum absolute atomic E-state index is 0.0623. The number of esters is 1. The molecular weight excluding hydrogens is 312 g/mol. The largest absolute Gasteiger partial charge is 0.466 e. The Kier molecular flexibility index (Phi) is 5.11. The van der Waals surface area contributed by atoms with E-state index in [2.05, 4.69) is 4.74 Å². The molecule has 2 heterocycles. The van der Waals surface area contributed by atoms with E-state index in [1.807, 2.05) is 4.98 Å². The topological polar surface area (TPSA) is 151 Å². The highest BCUT2D eigenvalue weighted by Crippen LogP contribution is 2.27. The van der Waals surface area contributed by atoms with Gasteiger partial charge in [-0.05, 0) is 6.08 Å². The molecular formula is C13H16N2O8. The van der Waals surface area contributed by atoms with Crippen LogP contribution in [0.15, 0.2) is 21.9 Å². The summed E-state index contributed by atoms with van der Waals surface area (Å²) in [5.74, 6) is -0.699. The summed E-state index contributed by atoms with van der Waals surface area (Å²) in [6.07, 6.45) is -2.05. The van der Waals surface area contributed by atoms with Gasteiger partial charge < -0.3 is 24.8 Å². The fourth-order valence-electron chi connectivity index (χ4n) is 2.14. The standard InChI is InChI=1S/C13H16N2O8/c1-22-8(17)3-2-6-4-15(13(21)14-11(6)20)12-10(19)9(18)7(5-16)23-12/h2-4,7,9-10,12,16,18-19H,5H2,1H3,(H,14,20,21)/t7-,9?,10+,12-/m1/s1. The summed E-state index contributed by atoms with van der Waals surface area (Å²) in [7, 11) is 1.16. The maximum Gasteiger partial charge on any atom is 0.330 e. The molecule has 1 saturated heterocycles. The van der Waals surface area contributed by atoms with Crippen LogP contribution < -0.4 is 11.2 Å². The maximum atomic E-state index is 11.9. The van der Waals surface area contributed by atoms with Crippen LogP contribution in [0.2, 0.25) is 0 Å². The zero-order valence-electron chi connectivity index (χ0n) is 12.1. The highest BCUT2D eigenvalue weighted by molar-refractivity contribution is 5.86. The second-order valence-electron chi connectivity index (χ2n) is 4.84. The van der Waals surface area contributed by atoms with Crippen LogP contribution in [0.3, 0.4) is 0 Å². The summed E-state index contributed by atoms with van der Waals surface area (Å²) in [6, 6.07) is 0. The molecule has 0 amide bonds. The second-order valence-corrected chi connectivity index (χ2v) is 4.84. The molecule has 0 saturated carbocycles. The van der Waals surface area contributed by atoms with E-state index in [9.17, 15) is 24.6 Å². The molecule has 0 aliphatic carbocycles. The zero-order valence-corrected chi connectivity index (χ0v) is 12.1. The molecule has 0 aromatic carbocycles. The van der Waals surface area contributed by atoms with Crippen molar-refractivity contribution in [2.24, 2.45) is 0 Å². The third-order valence-electron chi connectivity index (χ3n) is 3.39. The van der Waals surface area contributed by atoms with E-state index >= 15 is 0 Å². The monoisotopic (exact) mass is 328 g/mol. The van der Waals surface area contributed by atoms with Crippen molar-refractivity contribution in [1.29, 1.82) is 0 Å². The van der Waals surface area contributed by atoms with Gasteiger partial charge in [0, 0.05) is 12.3 Å². The van der Waals surface area contributed by atoms with Crippen molar-refractivity contribution in [3.63, 3.8) is 0 Å². The quantitative estimate of drug-likeness (QED) is 0.345. The molecule has 4 N–H and O–H groups in total. The van der Waals surface area contributed by atoms with E-state index in [4.69, 9.17) is 9.84 Å². The fourth-order valence-corrected chi connectivity index (χ4v) is 2.14. The Hall–Kier alpha value is -2.27. The van der Waals surface area contributed by atoms with Crippen molar-refractivity contribution in [2.45, 2.75) is 24.5 Å². The molecule has 0 radical (unpaired) electrons. The van der Waals surface area contributed by atoms with Crippen LogP contribution in [0.1, 0.15) is 11.8 Å². The number of aliphatic hydroxyl groups excluding tert-OH is 3. The molecule has 10 heteroatoms. The number of methoxy groups -OCH3 is 1. The zero-order chi connectivity index (χ0) is 17.1. The number of aromatic nitrogens is 2. The average molecular weight is 328 g/mol. The van der Waals surface area contributed by atoms with E-state index in [0.717, 1.165) is 30.0 Å². The Morgan fingerprint density at radius 3 is 2.70 bits per heavy atom. The number of carbonyl (C=O) groups is 1. The van der Waals surface area contributed by atoms with Gasteiger partial charge in [0.1, 0.15) is 18.3 Å². The van der Waals surface area contributed by atoms with Gasteiger partial charge in [-0.15, -0.1) is 0 Å². The van der Waals surface area contributed by atoms with Gasteiger partial charge in [0.2, 0.25) is 0 Å². The number of aliphatic hydroxyl groups is 3. The van der Waals surface area contributed by atoms with Crippen LogP contribution in [-0.4, -0.2) is 62.9 Å². The molecule has 1 aliphatic heterocycles. The summed E-state index contributed by atoms with van der Waals surface area (Å²) >= 11 is 0. The number of rotatable bonds is 4. The summed E-state index contributed by atoms with van der Waals surface area (Å²) in [6.45, 7) is -0.554. The van der Waals surface area contributed by atoms with Gasteiger partial charge in [-0.25, -0.2) is 9.59 Å². The molecule has 126 valence electrons. The second kappa shape index (κ2) is 6.87. The fraction of sp³-hybridized carbons (Fsp3) is 0.462. The number of hydrogen-bond acceptors (Lipinski definition) is 8. The number of carbonyl (C=O) groups excluding carboxylic acids is 1. The summed E-state index contributed by atoms with van der Waals surface area (Å²) in [5, 5.41) is 28.7. The summed E-state index contributed by atoms with van der Waals surface area (Å²) in [4.78, 5) is 36.7. The number of H-pyrrole nitrogens is 1. The molecule has 1 aromatic rings. The highest BCUT2D eigenvalue weighted by atomic mass is 16.6. The normalized spacial score (nSPS) is 27.5. The van der Waals surface area contributed by atoms with Crippen molar-refractivity contribution < 1.29 is 29.6 Å². The van der Waals surface area contributed by atoms with Crippen molar-refractivity contribution in [3.8, 4) is 0 Å². The number of nitrogens with one attached hydrogen (secondary N) is 1. The van der Waals surface area contributed by atoms with Gasteiger partial charge in [0.25, 0.3) is 5.56 Å². The van der Waals surface area contributed by atoms with Gasteiger partial charge in [-0.1, -0.05) is 0 Å². The minimum atomic E-state index is -1.48. The van der Waals surface area contributed by atoms with Crippen LogP contribution in [0, 0.1) is 0 Å². The Balaban J connectivity index is 2.40. The van der Waals surface area contributed by atoms with Gasteiger partial charge in [0.15, 0.2) is 6.23 Å². The first-order valence-electron chi connectivity index (χ1n) is 6.63. The summed E-state index contributed by atoms with van der Waals surface area (Å²) in [5.41, 5.74) is -1.69. The Bertz CT molecular complexity index is 721.